The van der Waals surface area contributed by atoms with Crippen molar-refractivity contribution >= 4 is 11.6 Å². The number of carbonyl (C=O) groups is 1. The maximum absolute atomic E-state index is 12.0. The summed E-state index contributed by atoms with van der Waals surface area (Å²) >= 11 is 0. The fourth-order valence-corrected chi connectivity index (χ4v) is 1.56. The molecule has 0 fully saturated rings. The summed E-state index contributed by atoms with van der Waals surface area (Å²) in [5.41, 5.74) is 1.92. The van der Waals surface area contributed by atoms with E-state index in [1.54, 1.807) is 28.0 Å². The molecule has 2 aromatic heterocycles. The van der Waals surface area contributed by atoms with Gasteiger partial charge in [-0.1, -0.05) is 6.07 Å². The van der Waals surface area contributed by atoms with Crippen LogP contribution in [-0.4, -0.2) is 21.5 Å². The van der Waals surface area contributed by atoms with Crippen LogP contribution < -0.4 is 5.32 Å². The summed E-state index contributed by atoms with van der Waals surface area (Å²) in [5, 5.41) is 1.78. The first kappa shape index (κ1) is 12.4. The van der Waals surface area contributed by atoms with Crippen LogP contribution >= 0.6 is 0 Å². The number of hydrogen-bond acceptors (Lipinski definition) is 2. The highest BCUT2D eigenvalue weighted by molar-refractivity contribution is 5.81. The van der Waals surface area contributed by atoms with Crippen LogP contribution in [0.4, 0.5) is 13.2 Å². The summed E-state index contributed by atoms with van der Waals surface area (Å²) in [6.45, 7) is 1.60. The maximum Gasteiger partial charge on any atom is 0.471 e. The Labute approximate surface area is 100 Å². The van der Waals surface area contributed by atoms with Gasteiger partial charge in [0.2, 0.25) is 0 Å². The Hall–Kier alpha value is -2.05. The van der Waals surface area contributed by atoms with Crippen LogP contribution in [0.25, 0.3) is 5.65 Å². The third-order valence-corrected chi connectivity index (χ3v) is 2.43. The molecule has 18 heavy (non-hydrogen) atoms. The van der Waals surface area contributed by atoms with E-state index >= 15 is 0 Å². The molecule has 0 unspecified atom stereocenters. The Morgan fingerprint density at radius 3 is 2.78 bits per heavy atom. The highest BCUT2D eigenvalue weighted by Crippen LogP contribution is 2.14. The molecular formula is C11H10F3N3O. The molecule has 0 saturated carbocycles. The minimum Gasteiger partial charge on any atom is -0.343 e. The number of amides is 1. The molecule has 1 N–H and O–H groups in total. The summed E-state index contributed by atoms with van der Waals surface area (Å²) in [5.74, 6) is -1.96. The van der Waals surface area contributed by atoms with Gasteiger partial charge in [-0.25, -0.2) is 4.98 Å². The van der Waals surface area contributed by atoms with Gasteiger partial charge in [-0.05, 0) is 19.1 Å². The van der Waals surface area contributed by atoms with E-state index in [2.05, 4.69) is 4.98 Å². The molecule has 2 aromatic rings. The number of aromatic nitrogens is 2. The van der Waals surface area contributed by atoms with E-state index in [0.29, 0.717) is 11.3 Å². The number of imidazole rings is 1. The van der Waals surface area contributed by atoms with Crippen molar-refractivity contribution in [2.45, 2.75) is 19.6 Å². The lowest BCUT2D eigenvalue weighted by Crippen LogP contribution is -2.36. The van der Waals surface area contributed by atoms with Gasteiger partial charge >= 0.3 is 12.1 Å². The first-order valence-electron chi connectivity index (χ1n) is 5.16. The summed E-state index contributed by atoms with van der Waals surface area (Å²) in [6.07, 6.45) is -3.27. The highest BCUT2D eigenvalue weighted by atomic mass is 19.4. The third kappa shape index (κ3) is 2.44. The highest BCUT2D eigenvalue weighted by Gasteiger charge is 2.38. The van der Waals surface area contributed by atoms with Gasteiger partial charge in [0.25, 0.3) is 0 Å². The van der Waals surface area contributed by atoms with E-state index in [-0.39, 0.29) is 6.54 Å². The van der Waals surface area contributed by atoms with E-state index in [1.807, 2.05) is 13.0 Å². The number of halogens is 3. The minimum atomic E-state index is -4.87. The molecule has 4 nitrogen and oxygen atoms in total. The van der Waals surface area contributed by atoms with Gasteiger partial charge in [0.05, 0.1) is 12.2 Å². The van der Waals surface area contributed by atoms with Crippen molar-refractivity contribution in [1.82, 2.24) is 14.7 Å². The van der Waals surface area contributed by atoms with E-state index in [9.17, 15) is 18.0 Å². The number of nitrogens with one attached hydrogen (secondary N) is 1. The number of rotatable bonds is 2. The molecule has 0 spiro atoms. The van der Waals surface area contributed by atoms with Crippen LogP contribution in [0.3, 0.4) is 0 Å². The predicted molar refractivity (Wildman–Crippen MR) is 57.8 cm³/mol. The van der Waals surface area contributed by atoms with Crippen LogP contribution in [-0.2, 0) is 11.3 Å². The lowest BCUT2D eigenvalue weighted by molar-refractivity contribution is -0.173. The molecule has 96 valence electrons. The van der Waals surface area contributed by atoms with Crippen LogP contribution in [0.2, 0.25) is 0 Å². The number of pyridine rings is 1. The summed E-state index contributed by atoms with van der Waals surface area (Å²) in [6, 6.07) is 5.39. The molecule has 1 amide bonds. The van der Waals surface area contributed by atoms with Crippen molar-refractivity contribution in [1.29, 1.82) is 0 Å². The first-order chi connectivity index (χ1) is 8.38. The van der Waals surface area contributed by atoms with Gasteiger partial charge in [0.15, 0.2) is 0 Å². The van der Waals surface area contributed by atoms with Gasteiger partial charge in [-0.2, -0.15) is 13.2 Å². The molecule has 0 aromatic carbocycles. The molecule has 0 radical (unpaired) electrons. The molecule has 2 heterocycles. The quantitative estimate of drug-likeness (QED) is 0.892. The van der Waals surface area contributed by atoms with Gasteiger partial charge in [-0.3, -0.25) is 4.79 Å². The Morgan fingerprint density at radius 2 is 2.17 bits per heavy atom. The fourth-order valence-electron chi connectivity index (χ4n) is 1.56. The Balaban J connectivity index is 2.14. The van der Waals surface area contributed by atoms with Crippen molar-refractivity contribution in [2.24, 2.45) is 0 Å². The average molecular weight is 257 g/mol. The van der Waals surface area contributed by atoms with Crippen LogP contribution in [0.5, 0.6) is 0 Å². The predicted octanol–water partition coefficient (Wildman–Crippen LogP) is 1.82. The van der Waals surface area contributed by atoms with Crippen LogP contribution in [0.1, 0.15) is 11.4 Å². The minimum absolute atomic E-state index is 0.251. The summed E-state index contributed by atoms with van der Waals surface area (Å²) < 4.78 is 37.7. The fraction of sp³-hybridized carbons (Fsp3) is 0.273. The topological polar surface area (TPSA) is 46.4 Å². The zero-order valence-corrected chi connectivity index (χ0v) is 9.45. The van der Waals surface area contributed by atoms with Gasteiger partial charge < -0.3 is 9.72 Å². The van der Waals surface area contributed by atoms with Crippen LogP contribution in [0, 0.1) is 6.92 Å². The van der Waals surface area contributed by atoms with Gasteiger partial charge in [0.1, 0.15) is 5.65 Å². The smallest absolute Gasteiger partial charge is 0.343 e. The number of hydrogen-bond donors (Lipinski definition) is 1. The second-order valence-electron chi connectivity index (χ2n) is 3.81. The first-order valence-corrected chi connectivity index (χ1v) is 5.16. The Morgan fingerprint density at radius 1 is 1.44 bits per heavy atom. The zero-order valence-electron chi connectivity index (χ0n) is 9.45. The van der Waals surface area contributed by atoms with E-state index < -0.39 is 12.1 Å². The normalized spacial score (nSPS) is 11.8. The standard InChI is InChI=1S/C11H10F3N3O/c1-7-3-2-4-9-16-8(6-17(7)9)5-15-10(18)11(12,13)14/h2-4,6H,5H2,1H3,(H,15,18). The number of nitrogens with zero attached hydrogens (tertiary/aromatic N) is 2. The lowest BCUT2D eigenvalue weighted by Gasteiger charge is -2.05. The second-order valence-corrected chi connectivity index (χ2v) is 3.81. The van der Waals surface area contributed by atoms with Gasteiger partial charge in [0, 0.05) is 11.9 Å². The van der Waals surface area contributed by atoms with Crippen molar-refractivity contribution in [3.63, 3.8) is 0 Å². The molecule has 0 saturated heterocycles. The largest absolute Gasteiger partial charge is 0.471 e. The third-order valence-electron chi connectivity index (χ3n) is 2.43. The molecular weight excluding hydrogens is 247 g/mol. The molecule has 0 aliphatic carbocycles. The lowest BCUT2D eigenvalue weighted by atomic mass is 10.4. The van der Waals surface area contributed by atoms with Crippen molar-refractivity contribution in [3.8, 4) is 0 Å². The maximum atomic E-state index is 12.0. The van der Waals surface area contributed by atoms with Crippen molar-refractivity contribution in [3.05, 3.63) is 35.8 Å². The molecule has 0 aliphatic heterocycles. The summed E-state index contributed by atoms with van der Waals surface area (Å²) in [7, 11) is 0. The van der Waals surface area contributed by atoms with Crippen molar-refractivity contribution < 1.29 is 18.0 Å². The zero-order chi connectivity index (χ0) is 13.3. The van der Waals surface area contributed by atoms with Crippen molar-refractivity contribution in [2.75, 3.05) is 0 Å². The second kappa shape index (κ2) is 4.32. The van der Waals surface area contributed by atoms with E-state index in [0.717, 1.165) is 5.69 Å². The van der Waals surface area contributed by atoms with E-state index in [1.165, 1.54) is 0 Å². The molecule has 2 rings (SSSR count). The number of fused-ring (bicyclic) bond motifs is 1. The molecule has 0 atom stereocenters. The van der Waals surface area contributed by atoms with E-state index in [4.69, 9.17) is 0 Å². The number of alkyl halides is 3. The molecule has 0 bridgehead atoms. The van der Waals surface area contributed by atoms with Crippen LogP contribution in [0.15, 0.2) is 24.4 Å². The Bertz CT molecular complexity index is 589. The molecule has 7 heteroatoms. The monoisotopic (exact) mass is 257 g/mol. The van der Waals surface area contributed by atoms with Gasteiger partial charge in [-0.15, -0.1) is 0 Å². The Kier molecular flexibility index (Phi) is 2.98. The number of aryl methyl sites for hydroxylation is 1. The average Bonchev–Trinajstić information content (AvgIpc) is 2.69. The summed E-state index contributed by atoms with van der Waals surface area (Å²) in [4.78, 5) is 14.8. The number of carbonyl (C=O) groups excluding carboxylic acids is 1. The molecule has 0 aliphatic rings. The SMILES string of the molecule is Cc1cccc2nc(CNC(=O)C(F)(F)F)cn12.